The number of rotatable bonds is 3. The average Bonchev–Trinajstić information content (AvgIpc) is 2.50. The highest BCUT2D eigenvalue weighted by Gasteiger charge is 2.12. The van der Waals surface area contributed by atoms with E-state index in [1.165, 1.54) is 10.6 Å². The summed E-state index contributed by atoms with van der Waals surface area (Å²) in [6, 6.07) is 17.6. The van der Waals surface area contributed by atoms with Crippen molar-refractivity contribution in [3.8, 4) is 0 Å². The maximum absolute atomic E-state index is 12.4. The number of nitrogens with zero attached hydrogens (tertiary/aromatic N) is 1. The number of aromatic nitrogens is 1. The molecule has 0 aliphatic rings. The fourth-order valence-electron chi connectivity index (χ4n) is 2.32. The molecule has 0 saturated carbocycles. The summed E-state index contributed by atoms with van der Waals surface area (Å²) < 4.78 is 1.47. The average molecular weight is 298 g/mol. The zero-order valence-electron chi connectivity index (χ0n) is 11.1. The predicted octanol–water partition coefficient (Wildman–Crippen LogP) is 3.54. The van der Waals surface area contributed by atoms with Gasteiger partial charge in [0.1, 0.15) is 0 Å². The molecule has 3 rings (SSSR count). The van der Waals surface area contributed by atoms with Crippen molar-refractivity contribution in [1.82, 2.24) is 4.57 Å². The van der Waals surface area contributed by atoms with Crippen LogP contribution in [-0.4, -0.2) is 10.4 Å². The molecule has 0 fully saturated rings. The Morgan fingerprint density at radius 1 is 0.952 bits per heavy atom. The summed E-state index contributed by atoms with van der Waals surface area (Å²) in [5.74, 6) is -0.181. The lowest BCUT2D eigenvalue weighted by atomic mass is 10.1. The molecule has 0 saturated heterocycles. The minimum atomic E-state index is -0.200. The van der Waals surface area contributed by atoms with Gasteiger partial charge in [0.2, 0.25) is 0 Å². The normalized spacial score (nSPS) is 10.7. The monoisotopic (exact) mass is 297 g/mol. The van der Waals surface area contributed by atoms with E-state index in [9.17, 15) is 9.59 Å². The lowest BCUT2D eigenvalue weighted by Crippen LogP contribution is -2.24. The van der Waals surface area contributed by atoms with E-state index in [2.05, 4.69) is 0 Å². The minimum Gasteiger partial charge on any atom is -0.300 e. The number of Topliss-reactive ketones (excluding diaryl/α,β-unsaturated/α-hetero) is 1. The quantitative estimate of drug-likeness (QED) is 0.694. The maximum Gasteiger partial charge on any atom is 0.251 e. The zero-order chi connectivity index (χ0) is 14.8. The molecular formula is C17H12ClNO2. The molecule has 2 aromatic carbocycles. The number of halogens is 1. The maximum atomic E-state index is 12.4. The van der Waals surface area contributed by atoms with Crippen molar-refractivity contribution in [2.24, 2.45) is 0 Å². The lowest BCUT2D eigenvalue weighted by molar-refractivity contribution is 0.0972. The second kappa shape index (κ2) is 5.54. The Balaban J connectivity index is 2.06. The van der Waals surface area contributed by atoms with Crippen LogP contribution in [0.25, 0.3) is 10.9 Å². The van der Waals surface area contributed by atoms with E-state index in [1.54, 1.807) is 30.3 Å². The SMILES string of the molecule is O=C(Cn1c(=O)ccc2ccccc21)c1ccccc1Cl. The molecule has 0 bridgehead atoms. The first-order chi connectivity index (χ1) is 10.2. The number of benzene rings is 2. The molecule has 0 aliphatic carbocycles. The fraction of sp³-hybridized carbons (Fsp3) is 0.0588. The second-order valence-corrected chi connectivity index (χ2v) is 5.13. The minimum absolute atomic E-state index is 0.0239. The summed E-state index contributed by atoms with van der Waals surface area (Å²) in [7, 11) is 0. The molecular weight excluding hydrogens is 286 g/mol. The molecule has 4 heteroatoms. The van der Waals surface area contributed by atoms with Gasteiger partial charge < -0.3 is 4.57 Å². The summed E-state index contributed by atoms with van der Waals surface area (Å²) in [5.41, 5.74) is 0.971. The van der Waals surface area contributed by atoms with Crippen molar-refractivity contribution in [2.75, 3.05) is 0 Å². The molecule has 0 spiro atoms. The summed E-state index contributed by atoms with van der Waals surface area (Å²) in [6.07, 6.45) is 0. The van der Waals surface area contributed by atoms with E-state index in [0.717, 1.165) is 10.9 Å². The van der Waals surface area contributed by atoms with Crippen molar-refractivity contribution in [2.45, 2.75) is 6.54 Å². The first-order valence-corrected chi connectivity index (χ1v) is 6.91. The molecule has 104 valence electrons. The van der Waals surface area contributed by atoms with Crippen LogP contribution in [0.4, 0.5) is 0 Å². The van der Waals surface area contributed by atoms with Crippen molar-refractivity contribution in [1.29, 1.82) is 0 Å². The van der Waals surface area contributed by atoms with E-state index in [4.69, 9.17) is 11.6 Å². The van der Waals surface area contributed by atoms with Crippen molar-refractivity contribution in [3.05, 3.63) is 81.6 Å². The van der Waals surface area contributed by atoms with E-state index in [1.807, 2.05) is 24.3 Å². The number of para-hydroxylation sites is 1. The summed E-state index contributed by atoms with van der Waals surface area (Å²) in [6.45, 7) is -0.0239. The van der Waals surface area contributed by atoms with Gasteiger partial charge in [0, 0.05) is 11.6 Å². The van der Waals surface area contributed by atoms with Gasteiger partial charge in [0.05, 0.1) is 17.1 Å². The Bertz CT molecular complexity index is 883. The van der Waals surface area contributed by atoms with Crippen LogP contribution in [0.2, 0.25) is 5.02 Å². The molecule has 3 nitrogen and oxygen atoms in total. The van der Waals surface area contributed by atoms with Crippen LogP contribution < -0.4 is 5.56 Å². The van der Waals surface area contributed by atoms with E-state index >= 15 is 0 Å². The zero-order valence-corrected chi connectivity index (χ0v) is 11.9. The highest BCUT2D eigenvalue weighted by atomic mass is 35.5. The van der Waals surface area contributed by atoms with Crippen LogP contribution in [0.3, 0.4) is 0 Å². The van der Waals surface area contributed by atoms with E-state index < -0.39 is 0 Å². The molecule has 3 aromatic rings. The van der Waals surface area contributed by atoms with Crippen LogP contribution in [0, 0.1) is 0 Å². The third-order valence-corrected chi connectivity index (χ3v) is 3.70. The van der Waals surface area contributed by atoms with Gasteiger partial charge in [-0.1, -0.05) is 41.9 Å². The van der Waals surface area contributed by atoms with Gasteiger partial charge in [-0.3, -0.25) is 9.59 Å². The first-order valence-electron chi connectivity index (χ1n) is 6.53. The Morgan fingerprint density at radius 3 is 2.48 bits per heavy atom. The van der Waals surface area contributed by atoms with Crippen LogP contribution in [-0.2, 0) is 6.54 Å². The van der Waals surface area contributed by atoms with E-state index in [-0.39, 0.29) is 17.9 Å². The van der Waals surface area contributed by atoms with Gasteiger partial charge in [0.15, 0.2) is 5.78 Å². The number of fused-ring (bicyclic) bond motifs is 1. The highest BCUT2D eigenvalue weighted by molar-refractivity contribution is 6.33. The number of carbonyl (C=O) groups excluding carboxylic acids is 1. The lowest BCUT2D eigenvalue weighted by Gasteiger charge is -2.10. The van der Waals surface area contributed by atoms with Crippen LogP contribution in [0.15, 0.2) is 65.5 Å². The largest absolute Gasteiger partial charge is 0.300 e. The Morgan fingerprint density at radius 2 is 1.67 bits per heavy atom. The summed E-state index contributed by atoms with van der Waals surface area (Å²) in [5, 5.41) is 1.32. The molecule has 21 heavy (non-hydrogen) atoms. The van der Waals surface area contributed by atoms with Crippen molar-refractivity contribution >= 4 is 28.3 Å². The van der Waals surface area contributed by atoms with Gasteiger partial charge in [-0.25, -0.2) is 0 Å². The molecule has 0 radical (unpaired) electrons. The Hall–Kier alpha value is -2.39. The molecule has 0 aliphatic heterocycles. The smallest absolute Gasteiger partial charge is 0.251 e. The van der Waals surface area contributed by atoms with Gasteiger partial charge in [-0.05, 0) is 29.7 Å². The van der Waals surface area contributed by atoms with Crippen LogP contribution in [0.5, 0.6) is 0 Å². The van der Waals surface area contributed by atoms with Crippen LogP contribution in [0.1, 0.15) is 10.4 Å². The molecule has 0 unspecified atom stereocenters. The van der Waals surface area contributed by atoms with E-state index in [0.29, 0.717) is 10.6 Å². The molecule has 1 heterocycles. The van der Waals surface area contributed by atoms with Crippen molar-refractivity contribution in [3.63, 3.8) is 0 Å². The third kappa shape index (κ3) is 2.60. The molecule has 0 atom stereocenters. The Kier molecular flexibility index (Phi) is 3.59. The second-order valence-electron chi connectivity index (χ2n) is 4.72. The molecule has 0 N–H and O–H groups in total. The topological polar surface area (TPSA) is 39.1 Å². The standard InChI is InChI=1S/C17H12ClNO2/c18-14-7-3-2-6-13(14)16(20)11-19-15-8-4-1-5-12(15)9-10-17(19)21/h1-10H,11H2. The van der Waals surface area contributed by atoms with Gasteiger partial charge >= 0.3 is 0 Å². The third-order valence-electron chi connectivity index (χ3n) is 3.38. The summed E-state index contributed by atoms with van der Waals surface area (Å²) in [4.78, 5) is 24.4. The summed E-state index contributed by atoms with van der Waals surface area (Å²) >= 11 is 6.04. The predicted molar refractivity (Wildman–Crippen MR) is 84.0 cm³/mol. The van der Waals surface area contributed by atoms with Gasteiger partial charge in [0.25, 0.3) is 5.56 Å². The first kappa shape index (κ1) is 13.6. The Labute approximate surface area is 126 Å². The molecule has 1 aromatic heterocycles. The van der Waals surface area contributed by atoms with Gasteiger partial charge in [-0.2, -0.15) is 0 Å². The fourth-order valence-corrected chi connectivity index (χ4v) is 2.56. The number of ketones is 1. The number of hydrogen-bond acceptors (Lipinski definition) is 2. The number of pyridine rings is 1. The number of carbonyl (C=O) groups is 1. The molecule has 0 amide bonds. The highest BCUT2D eigenvalue weighted by Crippen LogP contribution is 2.17. The van der Waals surface area contributed by atoms with Crippen LogP contribution >= 0.6 is 11.6 Å². The van der Waals surface area contributed by atoms with Crippen molar-refractivity contribution < 1.29 is 4.79 Å². The van der Waals surface area contributed by atoms with Gasteiger partial charge in [-0.15, -0.1) is 0 Å². The number of hydrogen-bond donors (Lipinski definition) is 0.